The van der Waals surface area contributed by atoms with Gasteiger partial charge in [-0.25, -0.2) is 4.98 Å². The van der Waals surface area contributed by atoms with Crippen molar-refractivity contribution in [3.8, 4) is 0 Å². The summed E-state index contributed by atoms with van der Waals surface area (Å²) in [7, 11) is 0. The lowest BCUT2D eigenvalue weighted by molar-refractivity contribution is -0.153. The van der Waals surface area contributed by atoms with Gasteiger partial charge in [0.15, 0.2) is 18.0 Å². The fourth-order valence-electron chi connectivity index (χ4n) is 2.88. The number of esters is 2. The Morgan fingerprint density at radius 1 is 1.38 bits per heavy atom. The number of thiazole rings is 1. The van der Waals surface area contributed by atoms with Gasteiger partial charge in [-0.15, -0.1) is 0 Å². The van der Waals surface area contributed by atoms with Gasteiger partial charge < -0.3 is 19.9 Å². The van der Waals surface area contributed by atoms with Crippen LogP contribution in [0.3, 0.4) is 0 Å². The number of nitrogens with zero attached hydrogens (tertiary/aromatic N) is 3. The number of carbonyl (C=O) groups excluding carboxylic acids is 2. The standard InChI is InChI=1S/C15H18N4O6S/c1-6-9(5-23-7(2)20)25-13(11(6)24-8(3)21)19-12-10(26-15(19)22)4-17-14(16)18-12/h4,6,9,11,13H,5H2,1-3H3,(H2,16,17,18)/t6-,9+,11+,13+/m0/s1. The predicted octanol–water partition coefficient (Wildman–Crippen LogP) is 0.463. The summed E-state index contributed by atoms with van der Waals surface area (Å²) >= 11 is 0.937. The van der Waals surface area contributed by atoms with Gasteiger partial charge in [0.1, 0.15) is 12.7 Å². The predicted molar refractivity (Wildman–Crippen MR) is 91.3 cm³/mol. The summed E-state index contributed by atoms with van der Waals surface area (Å²) in [5.41, 5.74) is 5.94. The molecule has 2 aromatic heterocycles. The largest absolute Gasteiger partial charge is 0.463 e. The summed E-state index contributed by atoms with van der Waals surface area (Å²) in [5.74, 6) is -1.27. The highest BCUT2D eigenvalue weighted by Gasteiger charge is 2.47. The van der Waals surface area contributed by atoms with Crippen molar-refractivity contribution in [2.75, 3.05) is 12.3 Å². The maximum absolute atomic E-state index is 12.5. The molecule has 0 radical (unpaired) electrons. The van der Waals surface area contributed by atoms with Crippen molar-refractivity contribution in [1.29, 1.82) is 0 Å². The Hall–Kier alpha value is -2.53. The van der Waals surface area contributed by atoms with Gasteiger partial charge in [0.05, 0.1) is 10.9 Å². The number of nitrogen functional groups attached to an aromatic ring is 1. The van der Waals surface area contributed by atoms with Gasteiger partial charge in [-0.2, -0.15) is 4.98 Å². The Labute approximate surface area is 151 Å². The van der Waals surface area contributed by atoms with Gasteiger partial charge >= 0.3 is 16.8 Å². The second kappa shape index (κ2) is 7.00. The topological polar surface area (TPSA) is 136 Å². The second-order valence-corrected chi connectivity index (χ2v) is 6.95. The van der Waals surface area contributed by atoms with Crippen molar-refractivity contribution in [1.82, 2.24) is 14.5 Å². The molecule has 10 nitrogen and oxygen atoms in total. The smallest absolute Gasteiger partial charge is 0.311 e. The summed E-state index contributed by atoms with van der Waals surface area (Å²) in [6, 6.07) is 0. The zero-order valence-corrected chi connectivity index (χ0v) is 15.2. The van der Waals surface area contributed by atoms with E-state index in [-0.39, 0.29) is 23.3 Å². The number of anilines is 1. The molecule has 0 bridgehead atoms. The molecule has 0 unspecified atom stereocenters. The van der Waals surface area contributed by atoms with Gasteiger partial charge in [-0.1, -0.05) is 18.3 Å². The number of hydrogen-bond acceptors (Lipinski definition) is 10. The monoisotopic (exact) mass is 382 g/mol. The van der Waals surface area contributed by atoms with Crippen LogP contribution in [-0.2, 0) is 23.8 Å². The Kier molecular flexibility index (Phi) is 4.92. The van der Waals surface area contributed by atoms with Crippen LogP contribution in [0.2, 0.25) is 0 Å². The van der Waals surface area contributed by atoms with Crippen LogP contribution in [-0.4, -0.2) is 45.3 Å². The summed E-state index contributed by atoms with van der Waals surface area (Å²) in [6.07, 6.45) is -0.755. The van der Waals surface area contributed by atoms with Crippen molar-refractivity contribution < 1.29 is 23.8 Å². The maximum Gasteiger partial charge on any atom is 0.311 e. The van der Waals surface area contributed by atoms with E-state index in [0.717, 1.165) is 11.3 Å². The van der Waals surface area contributed by atoms with Crippen LogP contribution < -0.4 is 10.6 Å². The van der Waals surface area contributed by atoms with Gasteiger partial charge in [-0.05, 0) is 0 Å². The first kappa shape index (κ1) is 18.3. The summed E-state index contributed by atoms with van der Waals surface area (Å²) in [4.78, 5) is 42.8. The highest BCUT2D eigenvalue weighted by Crippen LogP contribution is 2.37. The highest BCUT2D eigenvalue weighted by atomic mass is 32.1. The molecule has 2 N–H and O–H groups in total. The molecule has 1 fully saturated rings. The Morgan fingerprint density at radius 3 is 2.77 bits per heavy atom. The average Bonchev–Trinajstić information content (AvgIpc) is 3.02. The van der Waals surface area contributed by atoms with Crippen LogP contribution in [0.4, 0.5) is 5.95 Å². The summed E-state index contributed by atoms with van der Waals surface area (Å²) in [6.45, 7) is 4.35. The van der Waals surface area contributed by atoms with Gasteiger partial charge in [0.25, 0.3) is 0 Å². The molecule has 0 aromatic carbocycles. The molecule has 1 saturated heterocycles. The van der Waals surface area contributed by atoms with Crippen molar-refractivity contribution in [3.63, 3.8) is 0 Å². The van der Waals surface area contributed by atoms with E-state index in [1.807, 2.05) is 0 Å². The number of rotatable bonds is 4. The highest BCUT2D eigenvalue weighted by molar-refractivity contribution is 7.16. The van der Waals surface area contributed by atoms with E-state index in [1.54, 1.807) is 6.92 Å². The number of nitrogens with two attached hydrogens (primary N) is 1. The van der Waals surface area contributed by atoms with Crippen molar-refractivity contribution in [2.24, 2.45) is 5.92 Å². The zero-order chi connectivity index (χ0) is 19.0. The molecule has 0 aliphatic carbocycles. The van der Waals surface area contributed by atoms with E-state index >= 15 is 0 Å². The molecule has 1 aliphatic heterocycles. The Morgan fingerprint density at radius 2 is 2.12 bits per heavy atom. The van der Waals surface area contributed by atoms with Crippen LogP contribution in [0.5, 0.6) is 0 Å². The normalized spacial score (nSPS) is 25.3. The van der Waals surface area contributed by atoms with Crippen LogP contribution in [0, 0.1) is 5.92 Å². The number of fused-ring (bicyclic) bond motifs is 1. The van der Waals surface area contributed by atoms with Crippen LogP contribution in [0.1, 0.15) is 27.0 Å². The average molecular weight is 382 g/mol. The van der Waals surface area contributed by atoms with E-state index < -0.39 is 30.4 Å². The first-order valence-corrected chi connectivity index (χ1v) is 8.69. The molecule has 3 heterocycles. The van der Waals surface area contributed by atoms with Crippen molar-refractivity contribution in [3.05, 3.63) is 15.9 Å². The molecule has 11 heteroatoms. The molecule has 1 aliphatic rings. The van der Waals surface area contributed by atoms with Crippen LogP contribution in [0.25, 0.3) is 10.3 Å². The Balaban J connectivity index is 2.02. The molecule has 0 amide bonds. The van der Waals surface area contributed by atoms with Crippen LogP contribution >= 0.6 is 11.3 Å². The number of ether oxygens (including phenoxy) is 3. The quantitative estimate of drug-likeness (QED) is 0.748. The first-order valence-electron chi connectivity index (χ1n) is 7.87. The van der Waals surface area contributed by atoms with Crippen LogP contribution in [0.15, 0.2) is 11.0 Å². The number of hydrogen-bond donors (Lipinski definition) is 1. The van der Waals surface area contributed by atoms with Crippen molar-refractivity contribution >= 4 is 39.6 Å². The molecule has 0 saturated carbocycles. The minimum absolute atomic E-state index is 0.00981. The lowest BCUT2D eigenvalue weighted by Gasteiger charge is -2.21. The van der Waals surface area contributed by atoms with Crippen molar-refractivity contribution in [2.45, 2.75) is 39.2 Å². The number of aromatic nitrogens is 3. The van der Waals surface area contributed by atoms with E-state index in [1.165, 1.54) is 24.6 Å². The van der Waals surface area contributed by atoms with E-state index in [4.69, 9.17) is 19.9 Å². The van der Waals surface area contributed by atoms with Gasteiger partial charge in [0, 0.05) is 19.8 Å². The van der Waals surface area contributed by atoms with E-state index in [0.29, 0.717) is 10.3 Å². The van der Waals surface area contributed by atoms with E-state index in [9.17, 15) is 14.4 Å². The molecule has 3 rings (SSSR count). The second-order valence-electron chi connectivity index (χ2n) is 5.95. The third kappa shape index (κ3) is 3.40. The third-order valence-corrected chi connectivity index (χ3v) is 4.96. The minimum atomic E-state index is -0.912. The fraction of sp³-hybridized carbons (Fsp3) is 0.533. The zero-order valence-electron chi connectivity index (χ0n) is 14.4. The molecule has 2 aromatic rings. The lowest BCUT2D eigenvalue weighted by Crippen LogP contribution is -2.33. The summed E-state index contributed by atoms with van der Waals surface area (Å²) < 4.78 is 18.2. The third-order valence-electron chi connectivity index (χ3n) is 4.08. The lowest BCUT2D eigenvalue weighted by atomic mass is 10.0. The molecular weight excluding hydrogens is 364 g/mol. The molecular formula is C15H18N4O6S. The molecule has 0 spiro atoms. The fourth-order valence-corrected chi connectivity index (χ4v) is 3.70. The minimum Gasteiger partial charge on any atom is -0.463 e. The van der Waals surface area contributed by atoms with Gasteiger partial charge in [0.2, 0.25) is 5.95 Å². The maximum atomic E-state index is 12.5. The molecule has 140 valence electrons. The molecule has 4 atom stereocenters. The van der Waals surface area contributed by atoms with Gasteiger partial charge in [-0.3, -0.25) is 19.0 Å². The molecule has 26 heavy (non-hydrogen) atoms. The number of carbonyl (C=O) groups is 2. The summed E-state index contributed by atoms with van der Waals surface area (Å²) in [5, 5.41) is 0. The Bertz CT molecular complexity index is 909. The SMILES string of the molecule is CC(=O)OC[C@H]1O[C@@H](n2c(=O)sc3cnc(N)nc32)[C@H](OC(C)=O)[C@H]1C. The van der Waals surface area contributed by atoms with E-state index in [2.05, 4.69) is 9.97 Å². The first-order chi connectivity index (χ1) is 12.3.